The largest absolute Gasteiger partial charge is 0.477 e. The smallest absolute Gasteiger partial charge is 0.345 e. The predicted molar refractivity (Wildman–Crippen MR) is 77.5 cm³/mol. The first-order chi connectivity index (χ1) is 8.58. The van der Waals surface area contributed by atoms with Crippen molar-refractivity contribution in [2.24, 2.45) is 0 Å². The minimum atomic E-state index is -0.872. The Morgan fingerprint density at radius 3 is 2.83 bits per heavy atom. The van der Waals surface area contributed by atoms with Gasteiger partial charge in [-0.3, -0.25) is 0 Å². The molecule has 0 atom stereocenters. The lowest BCUT2D eigenvalue weighted by atomic mass is 10.2. The standard InChI is InChI=1S/C13H12BrNO2S/c1-8-3-2-4-10(12(8)14)15-7-9-5-6-11(18-9)13(16)17/h2-6,15H,7H2,1H3,(H,16,17). The summed E-state index contributed by atoms with van der Waals surface area (Å²) >= 11 is 4.82. The van der Waals surface area contributed by atoms with Crippen molar-refractivity contribution in [1.29, 1.82) is 0 Å². The highest BCUT2D eigenvalue weighted by Gasteiger charge is 2.07. The van der Waals surface area contributed by atoms with Gasteiger partial charge in [-0.1, -0.05) is 12.1 Å². The summed E-state index contributed by atoms with van der Waals surface area (Å²) in [4.78, 5) is 12.1. The molecule has 0 aliphatic heterocycles. The number of hydrogen-bond donors (Lipinski definition) is 2. The van der Waals surface area contributed by atoms with E-state index in [1.807, 2.05) is 31.2 Å². The van der Waals surface area contributed by atoms with Gasteiger partial charge in [0.15, 0.2) is 0 Å². The molecule has 0 spiro atoms. The molecular formula is C13H12BrNO2S. The quantitative estimate of drug-likeness (QED) is 0.888. The van der Waals surface area contributed by atoms with Crippen molar-refractivity contribution >= 4 is 38.9 Å². The van der Waals surface area contributed by atoms with Gasteiger partial charge >= 0.3 is 5.97 Å². The molecule has 1 aromatic carbocycles. The molecule has 5 heteroatoms. The number of aromatic carboxylic acids is 1. The van der Waals surface area contributed by atoms with Crippen molar-refractivity contribution in [3.8, 4) is 0 Å². The number of hydrogen-bond acceptors (Lipinski definition) is 3. The molecule has 0 amide bonds. The van der Waals surface area contributed by atoms with Gasteiger partial charge in [-0.05, 0) is 46.6 Å². The van der Waals surface area contributed by atoms with Crippen LogP contribution in [0.15, 0.2) is 34.8 Å². The Kier molecular flexibility index (Phi) is 4.04. The Labute approximate surface area is 118 Å². The first kappa shape index (κ1) is 13.1. The number of benzene rings is 1. The third-order valence-corrected chi connectivity index (χ3v) is 4.64. The number of halogens is 1. The molecule has 3 nitrogen and oxygen atoms in total. The van der Waals surface area contributed by atoms with E-state index in [1.54, 1.807) is 6.07 Å². The summed E-state index contributed by atoms with van der Waals surface area (Å²) in [6, 6.07) is 9.48. The van der Waals surface area contributed by atoms with Crippen molar-refractivity contribution < 1.29 is 9.90 Å². The lowest BCUT2D eigenvalue weighted by molar-refractivity contribution is 0.0702. The fourth-order valence-electron chi connectivity index (χ4n) is 1.55. The molecule has 1 aromatic heterocycles. The molecule has 0 unspecified atom stereocenters. The van der Waals surface area contributed by atoms with Gasteiger partial charge < -0.3 is 10.4 Å². The molecule has 2 rings (SSSR count). The van der Waals surface area contributed by atoms with Gasteiger partial charge in [0.25, 0.3) is 0 Å². The average Bonchev–Trinajstić information content (AvgIpc) is 2.80. The van der Waals surface area contributed by atoms with E-state index in [9.17, 15) is 4.79 Å². The maximum Gasteiger partial charge on any atom is 0.345 e. The summed E-state index contributed by atoms with van der Waals surface area (Å²) in [6.45, 7) is 2.66. The predicted octanol–water partition coefficient (Wildman–Crippen LogP) is 4.13. The van der Waals surface area contributed by atoms with E-state index < -0.39 is 5.97 Å². The van der Waals surface area contributed by atoms with Crippen LogP contribution in [0.3, 0.4) is 0 Å². The third-order valence-electron chi connectivity index (χ3n) is 2.52. The molecule has 0 aliphatic carbocycles. The summed E-state index contributed by atoms with van der Waals surface area (Å²) in [5.74, 6) is -0.872. The van der Waals surface area contributed by atoms with Gasteiger partial charge in [-0.2, -0.15) is 0 Å². The zero-order valence-electron chi connectivity index (χ0n) is 9.74. The molecule has 0 saturated heterocycles. The number of carboxylic acid groups (broad SMARTS) is 1. The Morgan fingerprint density at radius 1 is 1.39 bits per heavy atom. The monoisotopic (exact) mass is 325 g/mol. The second-order valence-electron chi connectivity index (χ2n) is 3.86. The Bertz CT molecular complexity index is 580. The van der Waals surface area contributed by atoms with Gasteiger partial charge in [0, 0.05) is 21.6 Å². The van der Waals surface area contributed by atoms with Crippen LogP contribution in [0.25, 0.3) is 0 Å². The number of thiophene rings is 1. The molecule has 0 fully saturated rings. The molecule has 0 saturated carbocycles. The van der Waals surface area contributed by atoms with Crippen LogP contribution in [-0.4, -0.2) is 11.1 Å². The summed E-state index contributed by atoms with van der Waals surface area (Å²) in [6.07, 6.45) is 0. The van der Waals surface area contributed by atoms with Crippen LogP contribution in [0, 0.1) is 6.92 Å². The number of carboxylic acids is 1. The van der Waals surface area contributed by atoms with E-state index in [0.717, 1.165) is 20.6 Å². The van der Waals surface area contributed by atoms with Crippen molar-refractivity contribution in [2.45, 2.75) is 13.5 Å². The molecule has 0 aliphatic rings. The van der Waals surface area contributed by atoms with Crippen LogP contribution in [0.2, 0.25) is 0 Å². The van der Waals surface area contributed by atoms with E-state index in [-0.39, 0.29) is 0 Å². The van der Waals surface area contributed by atoms with Crippen LogP contribution in [0.4, 0.5) is 5.69 Å². The number of nitrogens with one attached hydrogen (secondary N) is 1. The van der Waals surface area contributed by atoms with Crippen molar-refractivity contribution in [3.63, 3.8) is 0 Å². The van der Waals surface area contributed by atoms with Gasteiger partial charge in [0.05, 0.1) is 0 Å². The normalized spacial score (nSPS) is 10.3. The summed E-state index contributed by atoms with van der Waals surface area (Å²) in [5, 5.41) is 12.1. The van der Waals surface area contributed by atoms with Gasteiger partial charge in [0.1, 0.15) is 4.88 Å². The number of carbonyl (C=O) groups is 1. The van der Waals surface area contributed by atoms with Crippen LogP contribution in [0.1, 0.15) is 20.1 Å². The fourth-order valence-corrected chi connectivity index (χ4v) is 2.74. The van der Waals surface area contributed by atoms with Crippen LogP contribution in [-0.2, 0) is 6.54 Å². The highest BCUT2D eigenvalue weighted by molar-refractivity contribution is 9.10. The fraction of sp³-hybridized carbons (Fsp3) is 0.154. The van der Waals surface area contributed by atoms with Crippen LogP contribution >= 0.6 is 27.3 Å². The Hall–Kier alpha value is -1.33. The maximum atomic E-state index is 10.8. The average molecular weight is 326 g/mol. The zero-order valence-corrected chi connectivity index (χ0v) is 12.1. The van der Waals surface area contributed by atoms with E-state index in [4.69, 9.17) is 5.11 Å². The van der Waals surface area contributed by atoms with Gasteiger partial charge in [-0.25, -0.2) is 4.79 Å². The second-order valence-corrected chi connectivity index (χ2v) is 5.82. The molecule has 0 bridgehead atoms. The summed E-state index contributed by atoms with van der Waals surface area (Å²) < 4.78 is 1.04. The molecule has 18 heavy (non-hydrogen) atoms. The molecular weight excluding hydrogens is 314 g/mol. The molecule has 94 valence electrons. The third kappa shape index (κ3) is 2.91. The van der Waals surface area contributed by atoms with E-state index in [1.165, 1.54) is 11.3 Å². The number of aryl methyl sites for hydroxylation is 1. The van der Waals surface area contributed by atoms with Crippen molar-refractivity contribution in [3.05, 3.63) is 50.1 Å². The molecule has 0 radical (unpaired) electrons. The maximum absolute atomic E-state index is 10.8. The van der Waals surface area contributed by atoms with Crippen molar-refractivity contribution in [2.75, 3.05) is 5.32 Å². The first-order valence-corrected chi connectivity index (χ1v) is 7.00. The van der Waals surface area contributed by atoms with Crippen LogP contribution < -0.4 is 5.32 Å². The summed E-state index contributed by atoms with van der Waals surface area (Å²) in [5.41, 5.74) is 2.18. The van der Waals surface area contributed by atoms with E-state index in [0.29, 0.717) is 11.4 Å². The van der Waals surface area contributed by atoms with E-state index in [2.05, 4.69) is 21.2 Å². The minimum absolute atomic E-state index is 0.370. The van der Waals surface area contributed by atoms with Gasteiger partial charge in [-0.15, -0.1) is 11.3 Å². The second kappa shape index (κ2) is 5.54. The van der Waals surface area contributed by atoms with Crippen LogP contribution in [0.5, 0.6) is 0 Å². The highest BCUT2D eigenvalue weighted by Crippen LogP contribution is 2.27. The lowest BCUT2D eigenvalue weighted by Crippen LogP contribution is -1.98. The zero-order chi connectivity index (χ0) is 13.1. The Balaban J connectivity index is 2.07. The molecule has 2 N–H and O–H groups in total. The molecule has 1 heterocycles. The summed E-state index contributed by atoms with van der Waals surface area (Å²) in [7, 11) is 0. The highest BCUT2D eigenvalue weighted by atomic mass is 79.9. The molecule has 2 aromatic rings. The Morgan fingerprint density at radius 2 is 2.17 bits per heavy atom. The lowest BCUT2D eigenvalue weighted by Gasteiger charge is -2.09. The SMILES string of the molecule is Cc1cccc(NCc2ccc(C(=O)O)s2)c1Br. The number of rotatable bonds is 4. The number of anilines is 1. The topological polar surface area (TPSA) is 49.3 Å². The van der Waals surface area contributed by atoms with Gasteiger partial charge in [0.2, 0.25) is 0 Å². The first-order valence-electron chi connectivity index (χ1n) is 5.39. The minimum Gasteiger partial charge on any atom is -0.477 e. The van der Waals surface area contributed by atoms with Crippen molar-refractivity contribution in [1.82, 2.24) is 0 Å². The van der Waals surface area contributed by atoms with E-state index >= 15 is 0 Å².